The van der Waals surface area contributed by atoms with E-state index in [2.05, 4.69) is 34.3 Å². The third-order valence-corrected chi connectivity index (χ3v) is 6.52. The van der Waals surface area contributed by atoms with Crippen LogP contribution >= 0.6 is 0 Å². The molecular formula is C25H33N5O2. The van der Waals surface area contributed by atoms with Gasteiger partial charge in [0, 0.05) is 25.7 Å². The molecule has 1 fully saturated rings. The molecule has 1 unspecified atom stereocenters. The van der Waals surface area contributed by atoms with Gasteiger partial charge in [-0.15, -0.1) is 0 Å². The van der Waals surface area contributed by atoms with Gasteiger partial charge in [0.15, 0.2) is 0 Å². The van der Waals surface area contributed by atoms with Gasteiger partial charge in [0.25, 0.3) is 5.91 Å². The Labute approximate surface area is 190 Å². The molecule has 2 aromatic carbocycles. The Bertz CT molecular complexity index is 959. The molecule has 3 amide bonds. The van der Waals surface area contributed by atoms with Gasteiger partial charge in [0.1, 0.15) is 0 Å². The SMILES string of the molecule is CCN(CC)CC1CCCN1CCNC(=O)N1c2ccccc2NC(=O)c2ccccc21. The highest BCUT2D eigenvalue weighted by Crippen LogP contribution is 2.37. The molecule has 7 nitrogen and oxygen atoms in total. The summed E-state index contributed by atoms with van der Waals surface area (Å²) < 4.78 is 0. The van der Waals surface area contributed by atoms with Crippen molar-refractivity contribution in [3.8, 4) is 0 Å². The number of carbonyl (C=O) groups is 2. The zero-order valence-electron chi connectivity index (χ0n) is 19.0. The van der Waals surface area contributed by atoms with Crippen molar-refractivity contribution in [2.24, 2.45) is 0 Å². The molecule has 0 saturated carbocycles. The highest BCUT2D eigenvalue weighted by molar-refractivity contribution is 6.17. The number of para-hydroxylation sites is 3. The number of carbonyl (C=O) groups excluding carboxylic acids is 2. The lowest BCUT2D eigenvalue weighted by atomic mass is 10.1. The lowest BCUT2D eigenvalue weighted by Gasteiger charge is -2.30. The first-order chi connectivity index (χ1) is 15.6. The lowest BCUT2D eigenvalue weighted by molar-refractivity contribution is 0.102. The van der Waals surface area contributed by atoms with Gasteiger partial charge in [-0.2, -0.15) is 0 Å². The number of urea groups is 1. The summed E-state index contributed by atoms with van der Waals surface area (Å²) in [7, 11) is 0. The van der Waals surface area contributed by atoms with Crippen LogP contribution in [0.25, 0.3) is 0 Å². The molecule has 7 heteroatoms. The number of fused-ring (bicyclic) bond motifs is 2. The maximum atomic E-state index is 13.4. The van der Waals surface area contributed by atoms with Gasteiger partial charge in [0.2, 0.25) is 0 Å². The Morgan fingerprint density at radius 1 is 1.09 bits per heavy atom. The van der Waals surface area contributed by atoms with Crippen LogP contribution < -0.4 is 15.5 Å². The fourth-order valence-electron chi connectivity index (χ4n) is 4.73. The number of nitrogens with zero attached hydrogens (tertiary/aromatic N) is 3. The number of amides is 3. The number of rotatable bonds is 7. The van der Waals surface area contributed by atoms with E-state index in [4.69, 9.17) is 0 Å². The van der Waals surface area contributed by atoms with Crippen molar-refractivity contribution in [3.63, 3.8) is 0 Å². The Kier molecular flexibility index (Phi) is 7.07. The van der Waals surface area contributed by atoms with E-state index in [0.29, 0.717) is 35.2 Å². The molecular weight excluding hydrogens is 402 g/mol. The van der Waals surface area contributed by atoms with E-state index in [9.17, 15) is 9.59 Å². The molecule has 2 aliphatic heterocycles. The zero-order valence-corrected chi connectivity index (χ0v) is 19.0. The van der Waals surface area contributed by atoms with Crippen molar-refractivity contribution >= 4 is 29.0 Å². The van der Waals surface area contributed by atoms with Gasteiger partial charge < -0.3 is 15.5 Å². The smallest absolute Gasteiger partial charge is 0.326 e. The van der Waals surface area contributed by atoms with Crippen LogP contribution in [-0.4, -0.2) is 67.0 Å². The summed E-state index contributed by atoms with van der Waals surface area (Å²) in [5.41, 5.74) is 2.37. The maximum absolute atomic E-state index is 13.4. The Morgan fingerprint density at radius 3 is 2.59 bits per heavy atom. The van der Waals surface area contributed by atoms with Crippen molar-refractivity contribution in [1.82, 2.24) is 15.1 Å². The zero-order chi connectivity index (χ0) is 22.5. The van der Waals surface area contributed by atoms with Crippen molar-refractivity contribution in [3.05, 3.63) is 54.1 Å². The van der Waals surface area contributed by atoms with Crippen molar-refractivity contribution < 1.29 is 9.59 Å². The number of nitrogens with one attached hydrogen (secondary N) is 2. The van der Waals surface area contributed by atoms with Crippen LogP contribution in [0.4, 0.5) is 21.9 Å². The fraction of sp³-hybridized carbons (Fsp3) is 0.440. The molecule has 0 spiro atoms. The van der Waals surface area contributed by atoms with Crippen LogP contribution in [-0.2, 0) is 0 Å². The molecule has 0 aromatic heterocycles. The number of hydrogen-bond acceptors (Lipinski definition) is 4. The first kappa shape index (κ1) is 22.3. The van der Waals surface area contributed by atoms with Gasteiger partial charge in [-0.25, -0.2) is 4.79 Å². The Balaban J connectivity index is 1.47. The third kappa shape index (κ3) is 4.64. The first-order valence-electron chi connectivity index (χ1n) is 11.7. The Hall–Kier alpha value is -2.90. The molecule has 32 heavy (non-hydrogen) atoms. The predicted octanol–water partition coefficient (Wildman–Crippen LogP) is 3.91. The van der Waals surface area contributed by atoms with Crippen molar-refractivity contribution in [1.29, 1.82) is 0 Å². The number of anilines is 3. The summed E-state index contributed by atoms with van der Waals surface area (Å²) >= 11 is 0. The van der Waals surface area contributed by atoms with Gasteiger partial charge in [0.05, 0.1) is 22.6 Å². The van der Waals surface area contributed by atoms with Crippen LogP contribution in [0.5, 0.6) is 0 Å². The summed E-state index contributed by atoms with van der Waals surface area (Å²) in [6.45, 7) is 10.1. The summed E-state index contributed by atoms with van der Waals surface area (Å²) in [5, 5.41) is 6.02. The molecule has 2 aliphatic rings. The van der Waals surface area contributed by atoms with E-state index >= 15 is 0 Å². The average molecular weight is 436 g/mol. The second-order valence-corrected chi connectivity index (χ2v) is 8.37. The molecule has 4 rings (SSSR count). The average Bonchev–Trinajstić information content (AvgIpc) is 3.20. The van der Waals surface area contributed by atoms with E-state index < -0.39 is 0 Å². The van der Waals surface area contributed by atoms with Crippen LogP contribution in [0.15, 0.2) is 48.5 Å². The highest BCUT2D eigenvalue weighted by Gasteiger charge is 2.30. The van der Waals surface area contributed by atoms with E-state index in [1.54, 1.807) is 11.0 Å². The quantitative estimate of drug-likeness (QED) is 0.692. The molecule has 0 aliphatic carbocycles. The summed E-state index contributed by atoms with van der Waals surface area (Å²) in [6.07, 6.45) is 2.42. The summed E-state index contributed by atoms with van der Waals surface area (Å²) in [6, 6.07) is 15.0. The predicted molar refractivity (Wildman–Crippen MR) is 129 cm³/mol. The van der Waals surface area contributed by atoms with Crippen molar-refractivity contribution in [2.75, 3.05) is 49.5 Å². The molecule has 0 bridgehead atoms. The molecule has 170 valence electrons. The van der Waals surface area contributed by atoms with Crippen molar-refractivity contribution in [2.45, 2.75) is 32.7 Å². The maximum Gasteiger partial charge on any atom is 0.326 e. The standard InChI is InChI=1S/C25H33N5O2/c1-3-28(4-2)18-19-10-9-16-29(19)17-15-26-25(32)30-22-13-7-5-11-20(22)24(31)27-21-12-6-8-14-23(21)30/h5-8,11-14,19H,3-4,9-10,15-18H2,1-2H3,(H,26,32)(H,27,31). The van der Waals surface area contributed by atoms with Crippen LogP contribution in [0.3, 0.4) is 0 Å². The number of likely N-dealkylation sites (tertiary alicyclic amines) is 1. The topological polar surface area (TPSA) is 67.9 Å². The van der Waals surface area contributed by atoms with E-state index in [-0.39, 0.29) is 11.9 Å². The minimum Gasteiger partial charge on any atom is -0.336 e. The van der Waals surface area contributed by atoms with Gasteiger partial charge in [-0.3, -0.25) is 14.6 Å². The molecule has 2 aromatic rings. The second kappa shape index (κ2) is 10.1. The minimum atomic E-state index is -0.221. The number of likely N-dealkylation sites (N-methyl/N-ethyl adjacent to an activating group) is 1. The van der Waals surface area contributed by atoms with Gasteiger partial charge in [-0.05, 0) is 56.7 Å². The fourth-order valence-corrected chi connectivity index (χ4v) is 4.73. The molecule has 1 saturated heterocycles. The third-order valence-electron chi connectivity index (χ3n) is 6.52. The minimum absolute atomic E-state index is 0.209. The van der Waals surface area contributed by atoms with E-state index in [0.717, 1.165) is 32.7 Å². The summed E-state index contributed by atoms with van der Waals surface area (Å²) in [4.78, 5) is 32.6. The van der Waals surface area contributed by atoms with Gasteiger partial charge in [-0.1, -0.05) is 38.1 Å². The van der Waals surface area contributed by atoms with Crippen LogP contribution in [0, 0.1) is 0 Å². The lowest BCUT2D eigenvalue weighted by Crippen LogP contribution is -2.45. The van der Waals surface area contributed by atoms with E-state index in [1.807, 2.05) is 42.5 Å². The first-order valence-corrected chi connectivity index (χ1v) is 11.7. The molecule has 0 radical (unpaired) electrons. The van der Waals surface area contributed by atoms with Gasteiger partial charge >= 0.3 is 6.03 Å². The summed E-state index contributed by atoms with van der Waals surface area (Å²) in [5.74, 6) is -0.209. The Morgan fingerprint density at radius 2 is 1.81 bits per heavy atom. The number of benzene rings is 2. The molecule has 2 N–H and O–H groups in total. The van der Waals surface area contributed by atoms with Crippen LogP contribution in [0.2, 0.25) is 0 Å². The second-order valence-electron chi connectivity index (χ2n) is 8.37. The largest absolute Gasteiger partial charge is 0.336 e. The van der Waals surface area contributed by atoms with E-state index in [1.165, 1.54) is 12.8 Å². The monoisotopic (exact) mass is 435 g/mol. The normalized spacial score (nSPS) is 18.2. The number of hydrogen-bond donors (Lipinski definition) is 2. The molecule has 1 atom stereocenters. The molecule has 2 heterocycles. The van der Waals surface area contributed by atoms with Crippen LogP contribution in [0.1, 0.15) is 37.0 Å². The highest BCUT2D eigenvalue weighted by atomic mass is 16.2.